The molecular formula is C10H8ClF2NO2. The minimum absolute atomic E-state index is 0.339. The Hall–Kier alpha value is -1.22. The van der Waals surface area contributed by atoms with Crippen LogP contribution in [0.1, 0.15) is 18.1 Å². The first-order chi connectivity index (χ1) is 7.49. The van der Waals surface area contributed by atoms with E-state index in [0.717, 1.165) is 12.1 Å². The van der Waals surface area contributed by atoms with Crippen molar-refractivity contribution < 1.29 is 19.0 Å². The Morgan fingerprint density at radius 2 is 2.00 bits per heavy atom. The van der Waals surface area contributed by atoms with E-state index in [1.807, 2.05) is 0 Å². The van der Waals surface area contributed by atoms with Crippen molar-refractivity contribution in [1.82, 2.24) is 0 Å². The SMILES string of the molecule is N#CCC(O)C(O)c1ccc(F)c(Cl)c1F. The fourth-order valence-corrected chi connectivity index (χ4v) is 1.35. The number of hydrogen-bond donors (Lipinski definition) is 2. The topological polar surface area (TPSA) is 64.2 Å². The third-order valence-electron chi connectivity index (χ3n) is 2.05. The third kappa shape index (κ3) is 2.47. The molecule has 0 amide bonds. The number of benzene rings is 1. The summed E-state index contributed by atoms with van der Waals surface area (Å²) in [6.45, 7) is 0. The summed E-state index contributed by atoms with van der Waals surface area (Å²) in [5.41, 5.74) is -0.339. The van der Waals surface area contributed by atoms with Gasteiger partial charge in [0.1, 0.15) is 16.9 Å². The van der Waals surface area contributed by atoms with Crippen LogP contribution in [-0.2, 0) is 0 Å². The van der Waals surface area contributed by atoms with Gasteiger partial charge in [0.25, 0.3) is 0 Å². The second-order valence-electron chi connectivity index (χ2n) is 3.14. The number of nitrogens with zero attached hydrogens (tertiary/aromatic N) is 1. The van der Waals surface area contributed by atoms with E-state index in [-0.39, 0.29) is 12.0 Å². The zero-order valence-corrected chi connectivity index (χ0v) is 8.75. The standard InChI is InChI=1S/C10H8ClF2NO2/c11-8-6(12)2-1-5(9(8)13)10(16)7(15)3-4-14/h1-2,7,10,15-16H,3H2. The van der Waals surface area contributed by atoms with Crippen LogP contribution in [0.5, 0.6) is 0 Å². The fraction of sp³-hybridized carbons (Fsp3) is 0.300. The van der Waals surface area contributed by atoms with Crippen LogP contribution in [0, 0.1) is 23.0 Å². The Morgan fingerprint density at radius 3 is 2.56 bits per heavy atom. The Kier molecular flexibility index (Phi) is 4.19. The number of aliphatic hydroxyl groups is 2. The zero-order valence-electron chi connectivity index (χ0n) is 7.99. The highest BCUT2D eigenvalue weighted by Gasteiger charge is 2.23. The van der Waals surface area contributed by atoms with Crippen LogP contribution in [0.3, 0.4) is 0 Å². The van der Waals surface area contributed by atoms with Crippen molar-refractivity contribution in [2.45, 2.75) is 18.6 Å². The molecule has 0 aromatic heterocycles. The van der Waals surface area contributed by atoms with E-state index in [1.165, 1.54) is 0 Å². The second-order valence-corrected chi connectivity index (χ2v) is 3.52. The van der Waals surface area contributed by atoms with Gasteiger partial charge in [-0.25, -0.2) is 8.78 Å². The first kappa shape index (κ1) is 12.8. The Balaban J connectivity index is 3.06. The van der Waals surface area contributed by atoms with Crippen LogP contribution in [0.25, 0.3) is 0 Å². The summed E-state index contributed by atoms with van der Waals surface area (Å²) in [5, 5.41) is 26.3. The molecule has 2 unspecified atom stereocenters. The van der Waals surface area contributed by atoms with Crippen molar-refractivity contribution in [1.29, 1.82) is 5.26 Å². The maximum atomic E-state index is 13.4. The van der Waals surface area contributed by atoms with Crippen molar-refractivity contribution in [3.63, 3.8) is 0 Å². The van der Waals surface area contributed by atoms with E-state index < -0.39 is 28.9 Å². The van der Waals surface area contributed by atoms with Crippen molar-refractivity contribution in [2.24, 2.45) is 0 Å². The van der Waals surface area contributed by atoms with Gasteiger partial charge >= 0.3 is 0 Å². The lowest BCUT2D eigenvalue weighted by Crippen LogP contribution is -2.18. The van der Waals surface area contributed by atoms with Crippen LogP contribution in [-0.4, -0.2) is 16.3 Å². The summed E-state index contributed by atoms with van der Waals surface area (Å²) in [6, 6.07) is 3.48. The number of halogens is 3. The minimum atomic E-state index is -1.61. The summed E-state index contributed by atoms with van der Waals surface area (Å²) in [6.07, 6.45) is -3.42. The van der Waals surface area contributed by atoms with E-state index in [9.17, 15) is 19.0 Å². The molecule has 0 aliphatic heterocycles. The predicted octanol–water partition coefficient (Wildman–Crippen LogP) is 1.93. The summed E-state index contributed by atoms with van der Waals surface area (Å²) in [4.78, 5) is 0. The molecule has 16 heavy (non-hydrogen) atoms. The van der Waals surface area contributed by atoms with E-state index >= 15 is 0 Å². The molecule has 0 saturated carbocycles. The molecule has 2 atom stereocenters. The molecule has 0 heterocycles. The molecule has 3 nitrogen and oxygen atoms in total. The van der Waals surface area contributed by atoms with E-state index in [4.69, 9.17) is 16.9 Å². The van der Waals surface area contributed by atoms with Crippen molar-refractivity contribution >= 4 is 11.6 Å². The van der Waals surface area contributed by atoms with Gasteiger partial charge in [-0.15, -0.1) is 0 Å². The van der Waals surface area contributed by atoms with Gasteiger partial charge in [0.05, 0.1) is 18.6 Å². The highest BCUT2D eigenvalue weighted by Crippen LogP contribution is 2.28. The maximum absolute atomic E-state index is 13.4. The normalized spacial score (nSPS) is 14.2. The lowest BCUT2D eigenvalue weighted by atomic mass is 10.0. The zero-order chi connectivity index (χ0) is 12.3. The van der Waals surface area contributed by atoms with Gasteiger partial charge in [0.2, 0.25) is 0 Å². The highest BCUT2D eigenvalue weighted by molar-refractivity contribution is 6.30. The molecule has 1 rings (SSSR count). The molecule has 1 aromatic carbocycles. The average Bonchev–Trinajstić information content (AvgIpc) is 2.26. The molecular weight excluding hydrogens is 240 g/mol. The average molecular weight is 248 g/mol. The summed E-state index contributed by atoms with van der Waals surface area (Å²) in [7, 11) is 0. The Bertz CT molecular complexity index is 434. The number of aliphatic hydroxyl groups excluding tert-OH is 2. The molecule has 0 saturated heterocycles. The second kappa shape index (κ2) is 5.21. The molecule has 86 valence electrons. The van der Waals surface area contributed by atoms with E-state index in [0.29, 0.717) is 0 Å². The molecule has 0 spiro atoms. The van der Waals surface area contributed by atoms with Gasteiger partial charge in [0, 0.05) is 5.56 Å². The monoisotopic (exact) mass is 247 g/mol. The Labute approximate surface area is 95.5 Å². The van der Waals surface area contributed by atoms with Gasteiger partial charge < -0.3 is 10.2 Å². The maximum Gasteiger partial charge on any atom is 0.150 e. The van der Waals surface area contributed by atoms with E-state index in [2.05, 4.69) is 0 Å². The molecule has 2 N–H and O–H groups in total. The number of nitriles is 1. The number of rotatable bonds is 3. The van der Waals surface area contributed by atoms with Crippen LogP contribution in [0.2, 0.25) is 5.02 Å². The third-order valence-corrected chi connectivity index (χ3v) is 2.40. The number of hydrogen-bond acceptors (Lipinski definition) is 3. The molecule has 6 heteroatoms. The molecule has 0 aliphatic carbocycles. The summed E-state index contributed by atoms with van der Waals surface area (Å²) < 4.78 is 26.2. The lowest BCUT2D eigenvalue weighted by molar-refractivity contribution is 0.0194. The minimum Gasteiger partial charge on any atom is -0.389 e. The first-order valence-corrected chi connectivity index (χ1v) is 4.73. The fourth-order valence-electron chi connectivity index (χ4n) is 1.18. The highest BCUT2D eigenvalue weighted by atomic mass is 35.5. The molecule has 0 radical (unpaired) electrons. The van der Waals surface area contributed by atoms with Crippen LogP contribution >= 0.6 is 11.6 Å². The summed E-state index contributed by atoms with van der Waals surface area (Å²) >= 11 is 5.30. The molecule has 0 aliphatic rings. The molecule has 1 aromatic rings. The lowest BCUT2D eigenvalue weighted by Gasteiger charge is -2.16. The van der Waals surface area contributed by atoms with Crippen LogP contribution in [0.4, 0.5) is 8.78 Å². The van der Waals surface area contributed by atoms with Crippen molar-refractivity contribution in [3.8, 4) is 6.07 Å². The molecule has 0 bridgehead atoms. The quantitative estimate of drug-likeness (QED) is 0.802. The Morgan fingerprint density at radius 1 is 1.38 bits per heavy atom. The van der Waals surface area contributed by atoms with Gasteiger partial charge in [-0.05, 0) is 6.07 Å². The van der Waals surface area contributed by atoms with Gasteiger partial charge in [0.15, 0.2) is 5.82 Å². The smallest absolute Gasteiger partial charge is 0.150 e. The van der Waals surface area contributed by atoms with Gasteiger partial charge in [-0.2, -0.15) is 5.26 Å². The van der Waals surface area contributed by atoms with Gasteiger partial charge in [-0.1, -0.05) is 17.7 Å². The predicted molar refractivity (Wildman–Crippen MR) is 52.6 cm³/mol. The summed E-state index contributed by atoms with van der Waals surface area (Å²) in [5.74, 6) is -2.09. The largest absolute Gasteiger partial charge is 0.389 e. The first-order valence-electron chi connectivity index (χ1n) is 4.35. The van der Waals surface area contributed by atoms with Crippen molar-refractivity contribution in [3.05, 3.63) is 34.4 Å². The van der Waals surface area contributed by atoms with Gasteiger partial charge in [-0.3, -0.25) is 0 Å². The molecule has 0 fully saturated rings. The van der Waals surface area contributed by atoms with E-state index in [1.54, 1.807) is 6.07 Å². The van der Waals surface area contributed by atoms with Crippen molar-refractivity contribution in [2.75, 3.05) is 0 Å². The van der Waals surface area contributed by atoms with Crippen LogP contribution in [0.15, 0.2) is 12.1 Å². The van der Waals surface area contributed by atoms with Crippen LogP contribution < -0.4 is 0 Å².